The minimum Gasteiger partial charge on any atom is -0.383 e. The van der Waals surface area contributed by atoms with Gasteiger partial charge in [0, 0.05) is 17.3 Å². The third-order valence-electron chi connectivity index (χ3n) is 2.72. The normalized spacial score (nSPS) is 10.2. The van der Waals surface area contributed by atoms with Gasteiger partial charge < -0.3 is 10.6 Å². The number of carbonyl (C=O) groups is 1. The quantitative estimate of drug-likeness (QED) is 0.869. The van der Waals surface area contributed by atoms with Gasteiger partial charge in [-0.05, 0) is 31.2 Å². The minimum absolute atomic E-state index is 0.174. The first kappa shape index (κ1) is 13.3. The molecule has 0 radical (unpaired) electrons. The third kappa shape index (κ3) is 2.66. The Balaban J connectivity index is 2.51. The summed E-state index contributed by atoms with van der Waals surface area (Å²) in [5.74, 6) is 0.666. The first-order valence-electron chi connectivity index (χ1n) is 5.76. The van der Waals surface area contributed by atoms with Crippen LogP contribution in [0, 0.1) is 0 Å². The lowest BCUT2D eigenvalue weighted by Crippen LogP contribution is -2.20. The zero-order valence-corrected chi connectivity index (χ0v) is 11.1. The topological polar surface area (TPSA) is 72.1 Å². The van der Waals surface area contributed by atoms with E-state index in [-0.39, 0.29) is 5.82 Å². The van der Waals surface area contributed by atoms with Crippen molar-refractivity contribution in [1.29, 1.82) is 0 Å². The number of nitrogen functional groups attached to an aromatic ring is 1. The Hall–Kier alpha value is -2.14. The summed E-state index contributed by atoms with van der Waals surface area (Å²) in [6, 6.07) is 7.28. The van der Waals surface area contributed by atoms with Gasteiger partial charge in [0.2, 0.25) is 0 Å². The number of hydrogen-bond acceptors (Lipinski definition) is 5. The van der Waals surface area contributed by atoms with E-state index >= 15 is 0 Å². The number of benzene rings is 1. The molecule has 6 heteroatoms. The Morgan fingerprint density at radius 2 is 2.00 bits per heavy atom. The van der Waals surface area contributed by atoms with Gasteiger partial charge in [0.15, 0.2) is 6.29 Å². The number of aldehydes is 1. The van der Waals surface area contributed by atoms with E-state index in [1.807, 2.05) is 24.0 Å². The van der Waals surface area contributed by atoms with Crippen molar-refractivity contribution in [2.24, 2.45) is 0 Å². The fourth-order valence-corrected chi connectivity index (χ4v) is 1.93. The van der Waals surface area contributed by atoms with Crippen LogP contribution in [0.4, 0.5) is 17.3 Å². The molecule has 5 nitrogen and oxygen atoms in total. The fourth-order valence-electron chi connectivity index (χ4n) is 1.80. The molecule has 0 amide bonds. The molecule has 0 saturated heterocycles. The first-order chi connectivity index (χ1) is 9.17. The highest BCUT2D eigenvalue weighted by atomic mass is 35.5. The number of halogens is 1. The Morgan fingerprint density at radius 3 is 2.58 bits per heavy atom. The van der Waals surface area contributed by atoms with E-state index in [0.29, 0.717) is 29.2 Å². The number of hydrogen-bond donors (Lipinski definition) is 1. The van der Waals surface area contributed by atoms with Crippen molar-refractivity contribution in [2.45, 2.75) is 6.92 Å². The first-order valence-corrected chi connectivity index (χ1v) is 6.14. The van der Waals surface area contributed by atoms with Crippen molar-refractivity contribution in [3.63, 3.8) is 0 Å². The molecule has 2 rings (SSSR count). The SMILES string of the molecule is CCN(c1ccc(Cl)cc1)c1ncnc(N)c1C=O. The van der Waals surface area contributed by atoms with Crippen molar-refractivity contribution in [3.05, 3.63) is 41.2 Å². The molecule has 1 aromatic heterocycles. The maximum absolute atomic E-state index is 11.1. The molecule has 0 aliphatic carbocycles. The van der Waals surface area contributed by atoms with E-state index in [9.17, 15) is 4.79 Å². The molecule has 1 heterocycles. The molecule has 0 atom stereocenters. The maximum atomic E-state index is 11.1. The van der Waals surface area contributed by atoms with Crippen LogP contribution in [0.15, 0.2) is 30.6 Å². The van der Waals surface area contributed by atoms with Gasteiger partial charge in [0.05, 0.1) is 5.56 Å². The van der Waals surface area contributed by atoms with Crippen molar-refractivity contribution in [2.75, 3.05) is 17.2 Å². The molecule has 0 fully saturated rings. The van der Waals surface area contributed by atoms with E-state index in [2.05, 4.69) is 9.97 Å². The summed E-state index contributed by atoms with van der Waals surface area (Å²) in [7, 11) is 0. The highest BCUT2D eigenvalue weighted by Crippen LogP contribution is 2.28. The molecule has 0 unspecified atom stereocenters. The monoisotopic (exact) mass is 276 g/mol. The highest BCUT2D eigenvalue weighted by Gasteiger charge is 2.15. The van der Waals surface area contributed by atoms with Crippen molar-refractivity contribution >= 4 is 35.2 Å². The largest absolute Gasteiger partial charge is 0.383 e. The summed E-state index contributed by atoms with van der Waals surface area (Å²) in [5.41, 5.74) is 6.87. The Labute approximate surface area is 116 Å². The summed E-state index contributed by atoms with van der Waals surface area (Å²) in [6.07, 6.45) is 2.01. The molecule has 2 aromatic rings. The van der Waals surface area contributed by atoms with Crippen molar-refractivity contribution in [1.82, 2.24) is 9.97 Å². The third-order valence-corrected chi connectivity index (χ3v) is 2.97. The van der Waals surface area contributed by atoms with Gasteiger partial charge in [0.1, 0.15) is 18.0 Å². The summed E-state index contributed by atoms with van der Waals surface area (Å²) in [5, 5.41) is 0.651. The lowest BCUT2D eigenvalue weighted by Gasteiger charge is -2.23. The molecule has 0 aliphatic rings. The van der Waals surface area contributed by atoms with Gasteiger partial charge in [-0.1, -0.05) is 11.6 Å². The lowest BCUT2D eigenvalue weighted by atomic mass is 10.2. The van der Waals surface area contributed by atoms with E-state index in [1.54, 1.807) is 12.1 Å². The van der Waals surface area contributed by atoms with Gasteiger partial charge in [-0.2, -0.15) is 0 Å². The Kier molecular flexibility index (Phi) is 3.97. The van der Waals surface area contributed by atoms with Crippen molar-refractivity contribution < 1.29 is 4.79 Å². The van der Waals surface area contributed by atoms with Gasteiger partial charge in [-0.25, -0.2) is 9.97 Å². The molecule has 0 bridgehead atoms. The molecule has 19 heavy (non-hydrogen) atoms. The number of rotatable bonds is 4. The number of aromatic nitrogens is 2. The van der Waals surface area contributed by atoms with E-state index in [0.717, 1.165) is 5.69 Å². The number of nitrogens with two attached hydrogens (primary N) is 1. The predicted molar refractivity (Wildman–Crippen MR) is 76.0 cm³/mol. The van der Waals surface area contributed by atoms with Crippen LogP contribution in [0.2, 0.25) is 5.02 Å². The van der Waals surface area contributed by atoms with Crippen LogP contribution in [-0.4, -0.2) is 22.8 Å². The number of carbonyl (C=O) groups excluding carboxylic acids is 1. The zero-order valence-electron chi connectivity index (χ0n) is 10.4. The van der Waals surface area contributed by atoms with Crippen LogP contribution in [0.1, 0.15) is 17.3 Å². The van der Waals surface area contributed by atoms with E-state index in [4.69, 9.17) is 17.3 Å². The van der Waals surface area contributed by atoms with Gasteiger partial charge in [0.25, 0.3) is 0 Å². The molecule has 0 saturated carbocycles. The smallest absolute Gasteiger partial charge is 0.157 e. The molecule has 0 aliphatic heterocycles. The fraction of sp³-hybridized carbons (Fsp3) is 0.154. The second-order valence-electron chi connectivity index (χ2n) is 3.83. The highest BCUT2D eigenvalue weighted by molar-refractivity contribution is 6.30. The number of anilines is 3. The average molecular weight is 277 g/mol. The van der Waals surface area contributed by atoms with Gasteiger partial charge in [-0.15, -0.1) is 0 Å². The van der Waals surface area contributed by atoms with Crippen LogP contribution in [0.5, 0.6) is 0 Å². The van der Waals surface area contributed by atoms with E-state index < -0.39 is 0 Å². The van der Waals surface area contributed by atoms with Crippen LogP contribution >= 0.6 is 11.6 Å². The summed E-state index contributed by atoms with van der Waals surface area (Å²) >= 11 is 5.87. The van der Waals surface area contributed by atoms with E-state index in [1.165, 1.54) is 6.33 Å². The maximum Gasteiger partial charge on any atom is 0.157 e. The molecule has 0 spiro atoms. The second-order valence-corrected chi connectivity index (χ2v) is 4.27. The zero-order chi connectivity index (χ0) is 13.8. The Morgan fingerprint density at radius 1 is 1.32 bits per heavy atom. The molecular weight excluding hydrogens is 264 g/mol. The van der Waals surface area contributed by atoms with Crippen LogP contribution in [-0.2, 0) is 0 Å². The van der Waals surface area contributed by atoms with Gasteiger partial charge >= 0.3 is 0 Å². The lowest BCUT2D eigenvalue weighted by molar-refractivity contribution is 0.112. The molecule has 98 valence electrons. The average Bonchev–Trinajstić information content (AvgIpc) is 2.42. The number of nitrogens with zero attached hydrogens (tertiary/aromatic N) is 3. The Bertz CT molecular complexity index is 586. The van der Waals surface area contributed by atoms with Gasteiger partial charge in [-0.3, -0.25) is 4.79 Å². The second kappa shape index (κ2) is 5.67. The minimum atomic E-state index is 0.174. The molecule has 2 N–H and O–H groups in total. The summed E-state index contributed by atoms with van der Waals surface area (Å²) in [4.78, 5) is 21.0. The van der Waals surface area contributed by atoms with Crippen LogP contribution < -0.4 is 10.6 Å². The standard InChI is InChI=1S/C13H13ClN4O/c1-2-18(10-5-3-9(14)4-6-10)13-11(7-19)12(15)16-8-17-13/h3-8H,2H2,1H3,(H2,15,16,17). The van der Waals surface area contributed by atoms with Crippen LogP contribution in [0.25, 0.3) is 0 Å². The predicted octanol–water partition coefficient (Wildman–Crippen LogP) is 2.68. The van der Waals surface area contributed by atoms with Crippen LogP contribution in [0.3, 0.4) is 0 Å². The van der Waals surface area contributed by atoms with Crippen molar-refractivity contribution in [3.8, 4) is 0 Å². The molecule has 1 aromatic carbocycles. The summed E-state index contributed by atoms with van der Waals surface area (Å²) < 4.78 is 0. The molecular formula is C13H13ClN4O. The summed E-state index contributed by atoms with van der Waals surface area (Å²) in [6.45, 7) is 2.60.